The Morgan fingerprint density at radius 1 is 1.47 bits per heavy atom. The molecular weight excluding hydrogens is 246 g/mol. The van der Waals surface area contributed by atoms with Gasteiger partial charge in [-0.25, -0.2) is 0 Å². The highest BCUT2D eigenvalue weighted by atomic mass is 16.5. The van der Waals surface area contributed by atoms with E-state index in [9.17, 15) is 4.79 Å². The number of aliphatic hydroxyl groups excluding tert-OH is 1. The van der Waals surface area contributed by atoms with Crippen LogP contribution in [0.5, 0.6) is 0 Å². The van der Waals surface area contributed by atoms with Gasteiger partial charge in [-0.15, -0.1) is 0 Å². The molecule has 0 spiro atoms. The van der Waals surface area contributed by atoms with E-state index < -0.39 is 0 Å². The predicted molar refractivity (Wildman–Crippen MR) is 72.6 cm³/mol. The smallest absolute Gasteiger partial charge is 0.256 e. The number of carbonyl (C=O) groups excluding carboxylic acids is 1. The van der Waals surface area contributed by atoms with Crippen molar-refractivity contribution >= 4 is 17.3 Å². The molecule has 1 aliphatic heterocycles. The first-order valence-electron chi connectivity index (χ1n) is 6.22. The molecule has 6 nitrogen and oxygen atoms in total. The van der Waals surface area contributed by atoms with Crippen LogP contribution in [-0.2, 0) is 4.74 Å². The number of carbonyl (C=O) groups is 1. The van der Waals surface area contributed by atoms with Gasteiger partial charge in [-0.05, 0) is 25.1 Å². The van der Waals surface area contributed by atoms with Crippen molar-refractivity contribution in [3.63, 3.8) is 0 Å². The molecular formula is C13H19N3O3. The molecule has 1 heterocycles. The maximum atomic E-state index is 12.4. The molecule has 1 aromatic rings. The zero-order valence-electron chi connectivity index (χ0n) is 10.9. The van der Waals surface area contributed by atoms with Crippen LogP contribution in [0.25, 0.3) is 0 Å². The second-order valence-corrected chi connectivity index (χ2v) is 4.81. The summed E-state index contributed by atoms with van der Waals surface area (Å²) in [5.74, 6) is -0.161. The molecule has 1 saturated heterocycles. The lowest BCUT2D eigenvalue weighted by Gasteiger charge is -2.36. The van der Waals surface area contributed by atoms with Gasteiger partial charge in [-0.3, -0.25) is 4.79 Å². The lowest BCUT2D eigenvalue weighted by atomic mass is 10.1. The Hall–Kier alpha value is -1.79. The second-order valence-electron chi connectivity index (χ2n) is 4.81. The van der Waals surface area contributed by atoms with Crippen LogP contribution in [0, 0.1) is 0 Å². The number of nitrogens with zero attached hydrogens (tertiary/aromatic N) is 1. The zero-order chi connectivity index (χ0) is 14.0. The molecule has 104 valence electrons. The van der Waals surface area contributed by atoms with E-state index in [0.717, 1.165) is 0 Å². The SMILES string of the molecule is CC1CN(C(=O)c2ccc(N)cc2N)CC(CO)O1. The third-order valence-corrected chi connectivity index (χ3v) is 3.12. The van der Waals surface area contributed by atoms with Crippen LogP contribution >= 0.6 is 0 Å². The van der Waals surface area contributed by atoms with Gasteiger partial charge in [-0.2, -0.15) is 0 Å². The molecule has 2 unspecified atom stereocenters. The Morgan fingerprint density at radius 2 is 2.21 bits per heavy atom. The zero-order valence-corrected chi connectivity index (χ0v) is 10.9. The fourth-order valence-electron chi connectivity index (χ4n) is 2.26. The highest BCUT2D eigenvalue weighted by Gasteiger charge is 2.29. The van der Waals surface area contributed by atoms with Crippen LogP contribution in [0.1, 0.15) is 17.3 Å². The number of hydrogen-bond donors (Lipinski definition) is 3. The Labute approximate surface area is 111 Å². The summed E-state index contributed by atoms with van der Waals surface area (Å²) in [5.41, 5.74) is 12.8. The summed E-state index contributed by atoms with van der Waals surface area (Å²) in [6.45, 7) is 2.61. The molecule has 1 amide bonds. The molecule has 5 N–H and O–H groups in total. The van der Waals surface area contributed by atoms with E-state index >= 15 is 0 Å². The van der Waals surface area contributed by atoms with Crippen LogP contribution in [0.4, 0.5) is 11.4 Å². The van der Waals surface area contributed by atoms with Gasteiger partial charge in [0, 0.05) is 24.5 Å². The number of amides is 1. The summed E-state index contributed by atoms with van der Waals surface area (Å²) in [6, 6.07) is 4.85. The van der Waals surface area contributed by atoms with E-state index in [1.165, 1.54) is 0 Å². The fraction of sp³-hybridized carbons (Fsp3) is 0.462. The molecule has 1 fully saturated rings. The second kappa shape index (κ2) is 5.46. The van der Waals surface area contributed by atoms with Gasteiger partial charge in [-0.1, -0.05) is 0 Å². The van der Waals surface area contributed by atoms with E-state index in [2.05, 4.69) is 0 Å². The van der Waals surface area contributed by atoms with Gasteiger partial charge >= 0.3 is 0 Å². The molecule has 0 radical (unpaired) electrons. The van der Waals surface area contributed by atoms with Gasteiger partial charge in [0.2, 0.25) is 0 Å². The van der Waals surface area contributed by atoms with Crippen molar-refractivity contribution in [2.45, 2.75) is 19.1 Å². The van der Waals surface area contributed by atoms with Gasteiger partial charge < -0.3 is 26.2 Å². The Kier molecular flexibility index (Phi) is 3.92. The van der Waals surface area contributed by atoms with Crippen molar-refractivity contribution in [2.75, 3.05) is 31.2 Å². The van der Waals surface area contributed by atoms with Crippen molar-refractivity contribution < 1.29 is 14.6 Å². The number of hydrogen-bond acceptors (Lipinski definition) is 5. The third-order valence-electron chi connectivity index (χ3n) is 3.12. The van der Waals surface area contributed by atoms with Crippen molar-refractivity contribution in [1.82, 2.24) is 4.90 Å². The Morgan fingerprint density at radius 3 is 2.84 bits per heavy atom. The molecule has 1 aliphatic rings. The average Bonchev–Trinajstić information content (AvgIpc) is 2.37. The Balaban J connectivity index is 2.18. The van der Waals surface area contributed by atoms with Gasteiger partial charge in [0.15, 0.2) is 0 Å². The summed E-state index contributed by atoms with van der Waals surface area (Å²) in [7, 11) is 0. The lowest BCUT2D eigenvalue weighted by molar-refractivity contribution is -0.0858. The summed E-state index contributed by atoms with van der Waals surface area (Å²) >= 11 is 0. The average molecular weight is 265 g/mol. The van der Waals surface area contributed by atoms with Crippen LogP contribution in [0.15, 0.2) is 18.2 Å². The van der Waals surface area contributed by atoms with E-state index in [-0.39, 0.29) is 24.7 Å². The van der Waals surface area contributed by atoms with Crippen LogP contribution in [0.3, 0.4) is 0 Å². The maximum Gasteiger partial charge on any atom is 0.256 e. The number of nitrogen functional groups attached to an aromatic ring is 2. The number of morpholine rings is 1. The molecule has 0 bridgehead atoms. The minimum absolute atomic E-state index is 0.106. The predicted octanol–water partition coefficient (Wildman–Crippen LogP) is 0.0728. The normalized spacial score (nSPS) is 23.4. The molecule has 1 aromatic carbocycles. The van der Waals surface area contributed by atoms with Crippen LogP contribution < -0.4 is 11.5 Å². The third kappa shape index (κ3) is 2.97. The first kappa shape index (κ1) is 13.6. The van der Waals surface area contributed by atoms with E-state index in [0.29, 0.717) is 30.0 Å². The first-order chi connectivity index (χ1) is 9.01. The molecule has 0 aliphatic carbocycles. The Bertz CT molecular complexity index is 478. The van der Waals surface area contributed by atoms with Crippen molar-refractivity contribution in [3.8, 4) is 0 Å². The van der Waals surface area contributed by atoms with Gasteiger partial charge in [0.25, 0.3) is 5.91 Å². The van der Waals surface area contributed by atoms with Crippen LogP contribution in [-0.4, -0.2) is 47.8 Å². The molecule has 0 saturated carbocycles. The highest BCUT2D eigenvalue weighted by molar-refractivity contribution is 5.99. The lowest BCUT2D eigenvalue weighted by Crippen LogP contribution is -2.50. The number of ether oxygens (including phenoxy) is 1. The number of aliphatic hydroxyl groups is 1. The minimum Gasteiger partial charge on any atom is -0.399 e. The van der Waals surface area contributed by atoms with Crippen LogP contribution in [0.2, 0.25) is 0 Å². The van der Waals surface area contributed by atoms with Crippen molar-refractivity contribution in [2.24, 2.45) is 0 Å². The molecule has 2 atom stereocenters. The monoisotopic (exact) mass is 265 g/mol. The number of anilines is 2. The largest absolute Gasteiger partial charge is 0.399 e. The highest BCUT2D eigenvalue weighted by Crippen LogP contribution is 2.20. The summed E-state index contributed by atoms with van der Waals surface area (Å²) in [4.78, 5) is 14.1. The first-order valence-corrected chi connectivity index (χ1v) is 6.22. The molecule has 19 heavy (non-hydrogen) atoms. The fourth-order valence-corrected chi connectivity index (χ4v) is 2.26. The minimum atomic E-state index is -0.345. The van der Waals surface area contributed by atoms with E-state index in [1.54, 1.807) is 23.1 Å². The topological polar surface area (TPSA) is 102 Å². The summed E-state index contributed by atoms with van der Waals surface area (Å²) in [6.07, 6.45) is -0.451. The van der Waals surface area contributed by atoms with E-state index in [4.69, 9.17) is 21.3 Å². The van der Waals surface area contributed by atoms with Gasteiger partial charge in [0.05, 0.1) is 24.4 Å². The number of benzene rings is 1. The number of nitrogens with two attached hydrogens (primary N) is 2. The maximum absolute atomic E-state index is 12.4. The van der Waals surface area contributed by atoms with E-state index in [1.807, 2.05) is 6.92 Å². The summed E-state index contributed by atoms with van der Waals surface area (Å²) < 4.78 is 5.51. The molecule has 6 heteroatoms. The number of rotatable bonds is 2. The molecule has 0 aromatic heterocycles. The van der Waals surface area contributed by atoms with Crippen molar-refractivity contribution in [1.29, 1.82) is 0 Å². The van der Waals surface area contributed by atoms with Crippen molar-refractivity contribution in [3.05, 3.63) is 23.8 Å². The quantitative estimate of drug-likeness (QED) is 0.657. The molecule has 2 rings (SSSR count). The standard InChI is InChI=1S/C13H19N3O3/c1-8-5-16(6-10(7-17)19-8)13(18)11-3-2-9(14)4-12(11)15/h2-4,8,10,17H,5-7,14-15H2,1H3. The van der Waals surface area contributed by atoms with Gasteiger partial charge in [0.1, 0.15) is 0 Å². The summed E-state index contributed by atoms with van der Waals surface area (Å²) in [5, 5.41) is 9.17.